The number of nitrogens with one attached hydrogen (secondary N) is 2. The minimum atomic E-state index is 0.133. The van der Waals surface area contributed by atoms with E-state index in [0.29, 0.717) is 18.1 Å². The first-order valence-corrected chi connectivity index (χ1v) is 8.61. The molecule has 1 heterocycles. The fourth-order valence-corrected chi connectivity index (χ4v) is 3.47. The number of methoxy groups -OCH3 is 1. The van der Waals surface area contributed by atoms with Crippen LogP contribution in [0.15, 0.2) is 42.5 Å². The molecule has 0 aliphatic heterocycles. The van der Waals surface area contributed by atoms with E-state index in [1.807, 2.05) is 50.4 Å². The van der Waals surface area contributed by atoms with E-state index in [0.717, 1.165) is 38.4 Å². The molecule has 3 rings (SSSR count). The fraction of sp³-hybridized carbons (Fsp3) is 0.250. The second kappa shape index (κ2) is 7.30. The van der Waals surface area contributed by atoms with E-state index >= 15 is 0 Å². The van der Waals surface area contributed by atoms with Crippen LogP contribution in [-0.2, 0) is 6.54 Å². The number of likely N-dealkylation sites (N-methyl/N-ethyl adjacent to an activating group) is 1. The Morgan fingerprint density at radius 3 is 2.76 bits per heavy atom. The van der Waals surface area contributed by atoms with E-state index in [2.05, 4.69) is 4.98 Å². The molecule has 0 saturated carbocycles. The highest BCUT2D eigenvalue weighted by atomic mass is 35.5. The molecule has 2 N–H and O–H groups in total. The number of aryl methyl sites for hydroxylation is 1. The monoisotopic (exact) mass is 357 g/mol. The van der Waals surface area contributed by atoms with Gasteiger partial charge in [0.15, 0.2) is 0 Å². The number of H-pyrrole nitrogens is 1. The highest BCUT2D eigenvalue weighted by Gasteiger charge is 2.20. The van der Waals surface area contributed by atoms with Crippen molar-refractivity contribution in [3.05, 3.63) is 64.3 Å². The zero-order chi connectivity index (χ0) is 18.0. The number of fused-ring (bicyclic) bond motifs is 1. The summed E-state index contributed by atoms with van der Waals surface area (Å²) in [6, 6.07) is 13.5. The first kappa shape index (κ1) is 17.5. The van der Waals surface area contributed by atoms with Crippen LogP contribution in [0.3, 0.4) is 0 Å². The molecule has 3 aromatic rings. The average molecular weight is 358 g/mol. The van der Waals surface area contributed by atoms with Gasteiger partial charge < -0.3 is 14.6 Å². The molecule has 2 aromatic carbocycles. The van der Waals surface area contributed by atoms with Crippen molar-refractivity contribution in [2.24, 2.45) is 0 Å². The number of halogens is 1. The Morgan fingerprint density at radius 1 is 1.24 bits per heavy atom. The first-order valence-electron chi connectivity index (χ1n) is 8.24. The van der Waals surface area contributed by atoms with Gasteiger partial charge in [0.2, 0.25) is 5.78 Å². The maximum atomic E-state index is 12.9. The largest absolute Gasteiger partial charge is 0.496 e. The van der Waals surface area contributed by atoms with E-state index in [1.54, 1.807) is 13.2 Å². The van der Waals surface area contributed by atoms with Crippen molar-refractivity contribution < 1.29 is 14.4 Å². The molecule has 0 fully saturated rings. The van der Waals surface area contributed by atoms with Crippen molar-refractivity contribution in [1.82, 2.24) is 4.98 Å². The second-order valence-corrected chi connectivity index (χ2v) is 6.80. The standard InChI is InChI=1S/C20H21ClN2O2/c1-13-20(16-6-4-5-7-17(16)22-13)18(24)12-23(2)11-14-10-15(21)8-9-19(14)25-3/h4-10,22H,11-12H2,1-3H3/p+1. The Kier molecular flexibility index (Phi) is 5.11. The molecule has 25 heavy (non-hydrogen) atoms. The Bertz CT molecular complexity index is 917. The zero-order valence-corrected chi connectivity index (χ0v) is 15.4. The van der Waals surface area contributed by atoms with Crippen LogP contribution < -0.4 is 9.64 Å². The number of carbonyl (C=O) groups excluding carboxylic acids is 1. The molecule has 1 unspecified atom stereocenters. The molecule has 5 heteroatoms. The lowest BCUT2D eigenvalue weighted by Gasteiger charge is -2.15. The van der Waals surface area contributed by atoms with Gasteiger partial charge in [0, 0.05) is 27.2 Å². The smallest absolute Gasteiger partial charge is 0.219 e. The normalized spacial score (nSPS) is 12.3. The number of para-hydroxylation sites is 1. The van der Waals surface area contributed by atoms with Gasteiger partial charge >= 0.3 is 0 Å². The molecule has 0 spiro atoms. The highest BCUT2D eigenvalue weighted by molar-refractivity contribution is 6.30. The summed E-state index contributed by atoms with van der Waals surface area (Å²) in [6.07, 6.45) is 0. The zero-order valence-electron chi connectivity index (χ0n) is 14.7. The van der Waals surface area contributed by atoms with Crippen molar-refractivity contribution in [2.45, 2.75) is 13.5 Å². The molecule has 0 aliphatic carbocycles. The Balaban J connectivity index is 1.79. The first-order chi connectivity index (χ1) is 12.0. The number of hydrogen-bond acceptors (Lipinski definition) is 2. The summed E-state index contributed by atoms with van der Waals surface area (Å²) in [4.78, 5) is 17.2. The van der Waals surface area contributed by atoms with Crippen molar-refractivity contribution in [2.75, 3.05) is 20.7 Å². The van der Waals surface area contributed by atoms with Crippen molar-refractivity contribution in [1.29, 1.82) is 0 Å². The molecule has 0 radical (unpaired) electrons. The van der Waals surface area contributed by atoms with Gasteiger partial charge in [-0.1, -0.05) is 29.8 Å². The molecule has 0 bridgehead atoms. The molecule has 0 amide bonds. The number of carbonyl (C=O) groups is 1. The Hall–Kier alpha value is -2.30. The van der Waals surface area contributed by atoms with Gasteiger partial charge in [-0.05, 0) is 31.2 Å². The van der Waals surface area contributed by atoms with E-state index in [1.165, 1.54) is 0 Å². The second-order valence-electron chi connectivity index (χ2n) is 6.36. The van der Waals surface area contributed by atoms with Crippen LogP contribution in [0, 0.1) is 6.92 Å². The summed E-state index contributed by atoms with van der Waals surface area (Å²) in [5, 5.41) is 1.65. The molecule has 0 saturated heterocycles. The SMILES string of the molecule is COc1ccc(Cl)cc1C[NH+](C)CC(=O)c1c(C)[nH]c2ccccc12. The molecular weight excluding hydrogens is 336 g/mol. The molecule has 4 nitrogen and oxygen atoms in total. The number of benzene rings is 2. The van der Waals surface area contributed by atoms with Gasteiger partial charge in [0.25, 0.3) is 0 Å². The fourth-order valence-electron chi connectivity index (χ4n) is 3.27. The van der Waals surface area contributed by atoms with Gasteiger partial charge in [-0.3, -0.25) is 4.79 Å². The van der Waals surface area contributed by atoms with Crippen LogP contribution >= 0.6 is 11.6 Å². The molecular formula is C20H22ClN2O2+. The lowest BCUT2D eigenvalue weighted by atomic mass is 10.1. The third-order valence-electron chi connectivity index (χ3n) is 4.37. The minimum Gasteiger partial charge on any atom is -0.496 e. The molecule has 0 aliphatic rings. The van der Waals surface area contributed by atoms with Crippen LogP contribution in [0.4, 0.5) is 0 Å². The number of ketones is 1. The topological polar surface area (TPSA) is 46.5 Å². The van der Waals surface area contributed by atoms with Crippen LogP contribution in [0.25, 0.3) is 10.9 Å². The third-order valence-corrected chi connectivity index (χ3v) is 4.60. The quantitative estimate of drug-likeness (QED) is 0.666. The van der Waals surface area contributed by atoms with E-state index in [4.69, 9.17) is 16.3 Å². The lowest BCUT2D eigenvalue weighted by molar-refractivity contribution is -0.884. The number of quaternary nitrogens is 1. The van der Waals surface area contributed by atoms with E-state index < -0.39 is 0 Å². The van der Waals surface area contributed by atoms with Gasteiger partial charge in [-0.25, -0.2) is 0 Å². The van der Waals surface area contributed by atoms with Crippen molar-refractivity contribution >= 4 is 28.3 Å². The van der Waals surface area contributed by atoms with Crippen LogP contribution in [0.5, 0.6) is 5.75 Å². The lowest BCUT2D eigenvalue weighted by Crippen LogP contribution is -3.08. The molecule has 1 aromatic heterocycles. The summed E-state index contributed by atoms with van der Waals surface area (Å²) < 4.78 is 5.39. The Morgan fingerprint density at radius 2 is 2.00 bits per heavy atom. The number of aromatic nitrogens is 1. The highest BCUT2D eigenvalue weighted by Crippen LogP contribution is 2.23. The van der Waals surface area contributed by atoms with Crippen molar-refractivity contribution in [3.8, 4) is 5.75 Å². The third kappa shape index (κ3) is 3.70. The average Bonchev–Trinajstić information content (AvgIpc) is 2.90. The number of aromatic amines is 1. The Labute approximate surface area is 152 Å². The predicted octanol–water partition coefficient (Wildman–Crippen LogP) is 3.04. The molecule has 1 atom stereocenters. The van der Waals surface area contributed by atoms with E-state index in [9.17, 15) is 4.79 Å². The summed E-state index contributed by atoms with van der Waals surface area (Å²) in [7, 11) is 3.64. The van der Waals surface area contributed by atoms with Gasteiger partial charge in [0.1, 0.15) is 18.8 Å². The summed E-state index contributed by atoms with van der Waals surface area (Å²) in [5.74, 6) is 0.924. The summed E-state index contributed by atoms with van der Waals surface area (Å²) in [6.45, 7) is 3.01. The number of hydrogen-bond donors (Lipinski definition) is 2. The minimum absolute atomic E-state index is 0.133. The summed E-state index contributed by atoms with van der Waals surface area (Å²) >= 11 is 6.09. The van der Waals surface area contributed by atoms with E-state index in [-0.39, 0.29) is 5.78 Å². The van der Waals surface area contributed by atoms with Crippen LogP contribution in [-0.4, -0.2) is 31.5 Å². The molecule has 130 valence electrons. The number of Topliss-reactive ketones (excluding diaryl/α,β-unsaturated/α-hetero) is 1. The van der Waals surface area contributed by atoms with Gasteiger partial charge in [-0.15, -0.1) is 0 Å². The predicted molar refractivity (Wildman–Crippen MR) is 101 cm³/mol. The summed E-state index contributed by atoms with van der Waals surface area (Å²) in [5.41, 5.74) is 3.70. The maximum absolute atomic E-state index is 12.9. The van der Waals surface area contributed by atoms with Crippen molar-refractivity contribution in [3.63, 3.8) is 0 Å². The number of rotatable bonds is 6. The van der Waals surface area contributed by atoms with Gasteiger partial charge in [-0.2, -0.15) is 0 Å². The number of ether oxygens (including phenoxy) is 1. The maximum Gasteiger partial charge on any atom is 0.219 e. The van der Waals surface area contributed by atoms with Crippen LogP contribution in [0.2, 0.25) is 5.02 Å². The van der Waals surface area contributed by atoms with Crippen LogP contribution in [0.1, 0.15) is 21.6 Å². The van der Waals surface area contributed by atoms with Gasteiger partial charge in [0.05, 0.1) is 19.7 Å².